The van der Waals surface area contributed by atoms with Crippen LogP contribution in [0.2, 0.25) is 5.15 Å². The van der Waals surface area contributed by atoms with Crippen molar-refractivity contribution in [3.8, 4) is 17.9 Å². The van der Waals surface area contributed by atoms with E-state index in [1.807, 2.05) is 0 Å². The lowest BCUT2D eigenvalue weighted by Gasteiger charge is -1.87. The maximum absolute atomic E-state index is 8.11. The van der Waals surface area contributed by atoms with Crippen molar-refractivity contribution in [2.75, 3.05) is 0 Å². The Morgan fingerprint density at radius 3 is 2.82 bits per heavy atom. The van der Waals surface area contributed by atoms with E-state index in [4.69, 9.17) is 16.9 Å². The van der Waals surface area contributed by atoms with E-state index in [0.717, 1.165) is 0 Å². The van der Waals surface area contributed by atoms with Crippen LogP contribution in [0.15, 0.2) is 18.3 Å². The van der Waals surface area contributed by atoms with Gasteiger partial charge in [-0.3, -0.25) is 0 Å². The Hall–Kier alpha value is -1.51. The highest BCUT2D eigenvalue weighted by molar-refractivity contribution is 6.29. The molecule has 0 bridgehead atoms. The van der Waals surface area contributed by atoms with Crippen LogP contribution in [-0.2, 0) is 0 Å². The summed E-state index contributed by atoms with van der Waals surface area (Å²) in [5.74, 6) is 4.85. The van der Waals surface area contributed by atoms with E-state index >= 15 is 0 Å². The SMILES string of the molecule is N#CC#Cc1ccc(Cl)nc1. The van der Waals surface area contributed by atoms with Crippen molar-refractivity contribution in [2.24, 2.45) is 0 Å². The molecular weight excluding hydrogens is 160 g/mol. The second kappa shape index (κ2) is 3.61. The second-order valence-corrected chi connectivity index (χ2v) is 2.12. The molecule has 0 N–H and O–H groups in total. The van der Waals surface area contributed by atoms with Crippen LogP contribution in [0.4, 0.5) is 0 Å². The van der Waals surface area contributed by atoms with Crippen molar-refractivity contribution < 1.29 is 0 Å². The molecule has 52 valence electrons. The van der Waals surface area contributed by atoms with E-state index < -0.39 is 0 Å². The maximum Gasteiger partial charge on any atom is 0.152 e. The van der Waals surface area contributed by atoms with Gasteiger partial charge in [-0.25, -0.2) is 4.98 Å². The summed E-state index contributed by atoms with van der Waals surface area (Å²) in [6, 6.07) is 5.04. The minimum absolute atomic E-state index is 0.424. The topological polar surface area (TPSA) is 36.7 Å². The van der Waals surface area contributed by atoms with Gasteiger partial charge in [0, 0.05) is 17.7 Å². The van der Waals surface area contributed by atoms with Gasteiger partial charge in [0.15, 0.2) is 6.07 Å². The molecule has 0 unspecified atom stereocenters. The summed E-state index contributed by atoms with van der Waals surface area (Å²) in [6.45, 7) is 0. The first kappa shape index (κ1) is 7.60. The minimum atomic E-state index is 0.424. The number of nitriles is 1. The van der Waals surface area contributed by atoms with E-state index in [2.05, 4.69) is 16.8 Å². The number of hydrogen-bond acceptors (Lipinski definition) is 2. The van der Waals surface area contributed by atoms with Gasteiger partial charge in [0.25, 0.3) is 0 Å². The van der Waals surface area contributed by atoms with Crippen LogP contribution in [0.5, 0.6) is 0 Å². The van der Waals surface area contributed by atoms with Crippen LogP contribution < -0.4 is 0 Å². The van der Waals surface area contributed by atoms with Crippen LogP contribution in [0.25, 0.3) is 0 Å². The molecule has 1 aromatic rings. The normalized spacial score (nSPS) is 7.64. The molecule has 0 radical (unpaired) electrons. The van der Waals surface area contributed by atoms with Gasteiger partial charge in [-0.1, -0.05) is 11.6 Å². The molecule has 1 heterocycles. The van der Waals surface area contributed by atoms with Gasteiger partial charge in [0.2, 0.25) is 0 Å². The maximum atomic E-state index is 8.11. The zero-order valence-corrected chi connectivity index (χ0v) is 6.26. The molecule has 0 aliphatic rings. The quantitative estimate of drug-likeness (QED) is 0.429. The average Bonchev–Trinajstić information content (AvgIpc) is 2.04. The van der Waals surface area contributed by atoms with E-state index in [1.165, 1.54) is 6.20 Å². The average molecular weight is 163 g/mol. The van der Waals surface area contributed by atoms with Gasteiger partial charge >= 0.3 is 0 Å². The number of hydrogen-bond donors (Lipinski definition) is 0. The van der Waals surface area contributed by atoms with Crippen molar-refractivity contribution in [3.05, 3.63) is 29.0 Å². The Morgan fingerprint density at radius 2 is 2.27 bits per heavy atom. The highest BCUT2D eigenvalue weighted by Crippen LogP contribution is 2.03. The van der Waals surface area contributed by atoms with Crippen LogP contribution in [0.3, 0.4) is 0 Å². The molecule has 2 nitrogen and oxygen atoms in total. The van der Waals surface area contributed by atoms with Crippen LogP contribution in [-0.4, -0.2) is 4.98 Å². The van der Waals surface area contributed by atoms with Crippen molar-refractivity contribution >= 4 is 11.6 Å². The third-order valence-electron chi connectivity index (χ3n) is 0.990. The fraction of sp³-hybridized carbons (Fsp3) is 0. The Balaban J connectivity index is 2.93. The first-order valence-electron chi connectivity index (χ1n) is 2.84. The molecule has 0 aliphatic heterocycles. The first-order valence-corrected chi connectivity index (χ1v) is 3.22. The molecule has 0 aromatic carbocycles. The highest BCUT2D eigenvalue weighted by atomic mass is 35.5. The number of pyridine rings is 1. The Bertz CT molecular complexity index is 337. The molecule has 1 aromatic heterocycles. The van der Waals surface area contributed by atoms with Gasteiger partial charge in [-0.2, -0.15) is 5.26 Å². The number of nitrogens with zero attached hydrogens (tertiary/aromatic N) is 2. The smallest absolute Gasteiger partial charge is 0.152 e. The Morgan fingerprint density at radius 1 is 1.45 bits per heavy atom. The zero-order valence-electron chi connectivity index (χ0n) is 5.50. The van der Waals surface area contributed by atoms with Crippen molar-refractivity contribution in [3.63, 3.8) is 0 Å². The lowest BCUT2D eigenvalue weighted by molar-refractivity contribution is 1.31. The van der Waals surface area contributed by atoms with E-state index in [9.17, 15) is 0 Å². The molecule has 0 saturated heterocycles. The molecule has 0 aliphatic carbocycles. The van der Waals surface area contributed by atoms with Crippen LogP contribution in [0.1, 0.15) is 5.56 Å². The summed E-state index contributed by atoms with van der Waals surface area (Å²) in [5.41, 5.74) is 0.691. The number of aromatic nitrogens is 1. The van der Waals surface area contributed by atoms with E-state index in [1.54, 1.807) is 18.2 Å². The number of halogens is 1. The van der Waals surface area contributed by atoms with Gasteiger partial charge in [-0.05, 0) is 18.1 Å². The van der Waals surface area contributed by atoms with Gasteiger partial charge < -0.3 is 0 Å². The second-order valence-electron chi connectivity index (χ2n) is 1.73. The molecule has 0 atom stereocenters. The minimum Gasteiger partial charge on any atom is -0.243 e. The van der Waals surface area contributed by atoms with Crippen molar-refractivity contribution in [1.82, 2.24) is 4.98 Å². The van der Waals surface area contributed by atoms with Gasteiger partial charge in [0.1, 0.15) is 5.15 Å². The van der Waals surface area contributed by atoms with E-state index in [-0.39, 0.29) is 0 Å². The zero-order chi connectivity index (χ0) is 8.10. The fourth-order valence-electron chi connectivity index (χ4n) is 0.550. The summed E-state index contributed by atoms with van der Waals surface area (Å²) in [4.78, 5) is 3.79. The molecular formula is C8H3ClN2. The summed E-state index contributed by atoms with van der Waals surface area (Å²) >= 11 is 5.52. The summed E-state index contributed by atoms with van der Waals surface area (Å²) in [6.07, 6.45) is 1.52. The standard InChI is InChI=1S/C8H3ClN2/c9-8-4-3-7(6-11-8)2-1-5-10/h3-4,6H. The molecule has 3 heteroatoms. The lowest BCUT2D eigenvalue weighted by atomic mass is 10.3. The number of rotatable bonds is 0. The van der Waals surface area contributed by atoms with Crippen LogP contribution in [0, 0.1) is 23.2 Å². The van der Waals surface area contributed by atoms with Gasteiger partial charge in [-0.15, -0.1) is 0 Å². The predicted octanol–water partition coefficient (Wildman–Crippen LogP) is 1.61. The largest absolute Gasteiger partial charge is 0.243 e. The van der Waals surface area contributed by atoms with Crippen molar-refractivity contribution in [2.45, 2.75) is 0 Å². The Labute approximate surface area is 69.4 Å². The molecule has 0 amide bonds. The first-order chi connectivity index (χ1) is 5.33. The highest BCUT2D eigenvalue weighted by Gasteiger charge is 1.87. The summed E-state index contributed by atoms with van der Waals surface area (Å²) < 4.78 is 0. The monoisotopic (exact) mass is 162 g/mol. The third-order valence-corrected chi connectivity index (χ3v) is 1.21. The lowest BCUT2D eigenvalue weighted by Crippen LogP contribution is -1.76. The summed E-state index contributed by atoms with van der Waals surface area (Å²) in [7, 11) is 0. The van der Waals surface area contributed by atoms with Crippen molar-refractivity contribution in [1.29, 1.82) is 5.26 Å². The molecule has 1 rings (SSSR count). The summed E-state index contributed by atoms with van der Waals surface area (Å²) in [5, 5.41) is 8.54. The van der Waals surface area contributed by atoms with Crippen LogP contribution >= 0.6 is 11.6 Å². The van der Waals surface area contributed by atoms with Gasteiger partial charge in [0.05, 0.1) is 0 Å². The fourth-order valence-corrected chi connectivity index (χ4v) is 0.662. The molecule has 11 heavy (non-hydrogen) atoms. The molecule has 0 spiro atoms. The predicted molar refractivity (Wildman–Crippen MR) is 41.7 cm³/mol. The van der Waals surface area contributed by atoms with E-state index in [0.29, 0.717) is 10.7 Å². The Kier molecular flexibility index (Phi) is 2.49. The molecule has 0 saturated carbocycles. The molecule has 0 fully saturated rings. The third kappa shape index (κ3) is 2.29.